The van der Waals surface area contributed by atoms with Gasteiger partial charge in [0.05, 0.1) is 12.2 Å². The number of aliphatic hydroxyl groups is 2. The van der Waals surface area contributed by atoms with Crippen molar-refractivity contribution < 1.29 is 10.2 Å². The van der Waals surface area contributed by atoms with E-state index in [1.807, 2.05) is 6.92 Å². The molecular formula is C21H37NO2. The number of nitrogens with two attached hydrogens (primary N) is 1. The summed E-state index contributed by atoms with van der Waals surface area (Å²) in [6.45, 7) is 6.90. The molecule has 3 nitrogen and oxygen atoms in total. The molecule has 0 spiro atoms. The van der Waals surface area contributed by atoms with E-state index in [9.17, 15) is 10.2 Å². The highest BCUT2D eigenvalue weighted by molar-refractivity contribution is 5.13. The molecule has 0 aliphatic heterocycles. The van der Waals surface area contributed by atoms with Gasteiger partial charge in [0.25, 0.3) is 0 Å². The van der Waals surface area contributed by atoms with Gasteiger partial charge in [0.2, 0.25) is 0 Å². The zero-order valence-electron chi connectivity index (χ0n) is 15.7. The Bertz CT molecular complexity index is 494. The number of hydrogen-bond donors (Lipinski definition) is 3. The van der Waals surface area contributed by atoms with Gasteiger partial charge in [-0.1, -0.05) is 13.8 Å². The highest BCUT2D eigenvalue weighted by Crippen LogP contribution is 2.67. The lowest BCUT2D eigenvalue weighted by atomic mass is 9.43. The molecule has 4 aliphatic carbocycles. The number of fused-ring (bicyclic) bond motifs is 5. The van der Waals surface area contributed by atoms with E-state index in [4.69, 9.17) is 5.73 Å². The summed E-state index contributed by atoms with van der Waals surface area (Å²) < 4.78 is 0. The monoisotopic (exact) mass is 335 g/mol. The first kappa shape index (κ1) is 17.3. The zero-order valence-corrected chi connectivity index (χ0v) is 15.7. The average molecular weight is 336 g/mol. The third-order valence-electron chi connectivity index (χ3n) is 9.30. The molecule has 4 N–H and O–H groups in total. The molecule has 4 saturated carbocycles. The topological polar surface area (TPSA) is 66.5 Å². The normalized spacial score (nSPS) is 58.5. The molecule has 0 aromatic heterocycles. The van der Waals surface area contributed by atoms with Gasteiger partial charge in [-0.2, -0.15) is 0 Å². The molecule has 0 aromatic carbocycles. The van der Waals surface area contributed by atoms with E-state index in [0.717, 1.165) is 37.5 Å². The Morgan fingerprint density at radius 2 is 1.79 bits per heavy atom. The van der Waals surface area contributed by atoms with Gasteiger partial charge in [-0.15, -0.1) is 0 Å². The SMILES string of the molecule is C[C@H](O)[C@@H]1CC[C@@H]2[C@@H]3CC[C@@H]4C[C@H](O)CC[C@]4(C)[C@@H]3[C@H](N)C[C@]21C. The molecule has 4 rings (SSSR count). The molecular weight excluding hydrogens is 298 g/mol. The predicted octanol–water partition coefficient (Wildman–Crippen LogP) is 3.32. The van der Waals surface area contributed by atoms with Crippen LogP contribution in [0.4, 0.5) is 0 Å². The van der Waals surface area contributed by atoms with Crippen LogP contribution in [-0.4, -0.2) is 28.5 Å². The number of hydrogen-bond acceptors (Lipinski definition) is 3. The highest BCUT2D eigenvalue weighted by Gasteiger charge is 2.62. The molecule has 24 heavy (non-hydrogen) atoms. The summed E-state index contributed by atoms with van der Waals surface area (Å²) in [7, 11) is 0. The molecule has 0 amide bonds. The van der Waals surface area contributed by atoms with Crippen molar-refractivity contribution >= 4 is 0 Å². The van der Waals surface area contributed by atoms with Crippen LogP contribution in [0.25, 0.3) is 0 Å². The second-order valence-corrected chi connectivity index (χ2v) is 10.3. The number of rotatable bonds is 1. The third-order valence-corrected chi connectivity index (χ3v) is 9.30. The summed E-state index contributed by atoms with van der Waals surface area (Å²) in [5.41, 5.74) is 7.43. The van der Waals surface area contributed by atoms with Crippen molar-refractivity contribution in [1.82, 2.24) is 0 Å². The smallest absolute Gasteiger partial charge is 0.0545 e. The van der Waals surface area contributed by atoms with Gasteiger partial charge in [0.1, 0.15) is 0 Å². The summed E-state index contributed by atoms with van der Waals surface area (Å²) in [6, 6.07) is 0.263. The van der Waals surface area contributed by atoms with E-state index in [0.29, 0.717) is 23.2 Å². The Morgan fingerprint density at radius 1 is 1.04 bits per heavy atom. The van der Waals surface area contributed by atoms with Crippen LogP contribution in [-0.2, 0) is 0 Å². The molecule has 138 valence electrons. The third kappa shape index (κ3) is 2.27. The molecule has 0 aromatic rings. The predicted molar refractivity (Wildman–Crippen MR) is 96.3 cm³/mol. The summed E-state index contributed by atoms with van der Waals surface area (Å²) >= 11 is 0. The van der Waals surface area contributed by atoms with Crippen molar-refractivity contribution in [2.24, 2.45) is 46.2 Å². The Labute approximate surface area is 147 Å². The lowest BCUT2D eigenvalue weighted by Crippen LogP contribution is -2.61. The van der Waals surface area contributed by atoms with E-state index in [1.165, 1.54) is 25.7 Å². The Morgan fingerprint density at radius 3 is 2.50 bits per heavy atom. The minimum absolute atomic E-state index is 0.0872. The van der Waals surface area contributed by atoms with Gasteiger partial charge >= 0.3 is 0 Å². The summed E-state index contributed by atoms with van der Waals surface area (Å²) in [4.78, 5) is 0. The van der Waals surface area contributed by atoms with Crippen molar-refractivity contribution in [3.8, 4) is 0 Å². The first-order valence-corrected chi connectivity index (χ1v) is 10.4. The van der Waals surface area contributed by atoms with Crippen LogP contribution >= 0.6 is 0 Å². The van der Waals surface area contributed by atoms with Crippen molar-refractivity contribution in [2.45, 2.75) is 90.4 Å². The second kappa shape index (κ2) is 5.69. The fraction of sp³-hybridized carbons (Fsp3) is 1.00. The first-order chi connectivity index (χ1) is 11.3. The van der Waals surface area contributed by atoms with Crippen LogP contribution < -0.4 is 5.73 Å². The van der Waals surface area contributed by atoms with Gasteiger partial charge in [-0.25, -0.2) is 0 Å². The molecule has 4 aliphatic rings. The van der Waals surface area contributed by atoms with Gasteiger partial charge < -0.3 is 15.9 Å². The van der Waals surface area contributed by atoms with Crippen LogP contribution in [0.5, 0.6) is 0 Å². The summed E-state index contributed by atoms with van der Waals surface area (Å²) in [5, 5.41) is 20.5. The van der Waals surface area contributed by atoms with Gasteiger partial charge in [0.15, 0.2) is 0 Å². The lowest BCUT2D eigenvalue weighted by molar-refractivity contribution is -0.140. The largest absolute Gasteiger partial charge is 0.393 e. The number of aliphatic hydroxyl groups excluding tert-OH is 2. The van der Waals surface area contributed by atoms with Crippen LogP contribution in [0.15, 0.2) is 0 Å². The van der Waals surface area contributed by atoms with Gasteiger partial charge in [0, 0.05) is 6.04 Å². The van der Waals surface area contributed by atoms with Crippen molar-refractivity contribution in [3.05, 3.63) is 0 Å². The van der Waals surface area contributed by atoms with Crippen LogP contribution in [0.2, 0.25) is 0 Å². The van der Waals surface area contributed by atoms with E-state index in [2.05, 4.69) is 13.8 Å². The molecule has 3 heteroatoms. The molecule has 0 bridgehead atoms. The minimum atomic E-state index is -0.208. The molecule has 0 radical (unpaired) electrons. The van der Waals surface area contributed by atoms with E-state index >= 15 is 0 Å². The fourth-order valence-electron chi connectivity index (χ4n) is 8.33. The maximum absolute atomic E-state index is 10.3. The minimum Gasteiger partial charge on any atom is -0.393 e. The fourth-order valence-corrected chi connectivity index (χ4v) is 8.33. The first-order valence-electron chi connectivity index (χ1n) is 10.4. The highest BCUT2D eigenvalue weighted by atomic mass is 16.3. The molecule has 0 unspecified atom stereocenters. The molecule has 4 fully saturated rings. The Balaban J connectivity index is 1.66. The maximum Gasteiger partial charge on any atom is 0.0545 e. The Kier molecular flexibility index (Phi) is 4.10. The van der Waals surface area contributed by atoms with Crippen molar-refractivity contribution in [2.75, 3.05) is 0 Å². The molecule has 10 atom stereocenters. The van der Waals surface area contributed by atoms with Gasteiger partial charge in [-0.05, 0) is 98.7 Å². The van der Waals surface area contributed by atoms with Crippen molar-refractivity contribution in [3.63, 3.8) is 0 Å². The zero-order chi connectivity index (χ0) is 17.3. The van der Waals surface area contributed by atoms with Crippen LogP contribution in [0, 0.1) is 40.4 Å². The van der Waals surface area contributed by atoms with E-state index in [-0.39, 0.29) is 23.7 Å². The quantitative estimate of drug-likeness (QED) is 0.688. The van der Waals surface area contributed by atoms with E-state index in [1.54, 1.807) is 0 Å². The summed E-state index contributed by atoms with van der Waals surface area (Å²) in [6.07, 6.45) is 8.90. The second-order valence-electron chi connectivity index (χ2n) is 10.3. The van der Waals surface area contributed by atoms with Crippen molar-refractivity contribution in [1.29, 1.82) is 0 Å². The Hall–Kier alpha value is -0.120. The van der Waals surface area contributed by atoms with Crippen LogP contribution in [0.1, 0.15) is 72.1 Å². The average Bonchev–Trinajstić information content (AvgIpc) is 2.84. The standard InChI is InChI=1S/C21H37NO2/c1-12(23)16-6-7-17-15-5-4-13-10-14(24)8-9-20(13,2)19(15)18(22)11-21(16,17)3/h12-19,23-24H,4-11,22H2,1-3H3/t12-,13+,14+,15-,16-,17+,18+,19-,20-,21-/m0/s1. The molecule has 0 heterocycles. The van der Waals surface area contributed by atoms with Crippen LogP contribution in [0.3, 0.4) is 0 Å². The van der Waals surface area contributed by atoms with E-state index < -0.39 is 0 Å². The van der Waals surface area contributed by atoms with Gasteiger partial charge in [-0.3, -0.25) is 0 Å². The lowest BCUT2D eigenvalue weighted by Gasteiger charge is -2.63. The summed E-state index contributed by atoms with van der Waals surface area (Å²) in [5.74, 6) is 3.18. The maximum atomic E-state index is 10.3. The molecule has 0 saturated heterocycles.